The molecule has 27 heavy (non-hydrogen) atoms. The number of ether oxygens (including phenoxy) is 2. The Kier molecular flexibility index (Phi) is 5.71. The molecule has 1 N–H and O–H groups in total. The lowest BCUT2D eigenvalue weighted by Crippen LogP contribution is -2.20. The van der Waals surface area contributed by atoms with E-state index in [0.29, 0.717) is 17.2 Å². The van der Waals surface area contributed by atoms with E-state index in [1.807, 2.05) is 26.0 Å². The van der Waals surface area contributed by atoms with Crippen molar-refractivity contribution in [2.24, 2.45) is 0 Å². The Hall–Kier alpha value is -3.34. The van der Waals surface area contributed by atoms with Crippen LogP contribution in [-0.2, 0) is 4.79 Å². The Bertz CT molecular complexity index is 901. The number of carbonyl (C=O) groups is 1. The van der Waals surface area contributed by atoms with Gasteiger partial charge in [-0.1, -0.05) is 6.07 Å². The molecule has 3 aromatic carbocycles. The molecule has 0 aromatic heterocycles. The van der Waals surface area contributed by atoms with E-state index >= 15 is 0 Å². The Balaban J connectivity index is 1.52. The number of nitrogens with one attached hydrogen (secondary N) is 1. The second-order valence-corrected chi connectivity index (χ2v) is 6.24. The number of aryl methyl sites for hydroxylation is 2. The topological polar surface area (TPSA) is 47.6 Å². The van der Waals surface area contributed by atoms with E-state index in [0.717, 1.165) is 16.9 Å². The summed E-state index contributed by atoms with van der Waals surface area (Å²) in [5, 5.41) is 2.64. The molecule has 5 heteroatoms. The van der Waals surface area contributed by atoms with Crippen LogP contribution in [0, 0.1) is 19.7 Å². The number of anilines is 1. The second-order valence-electron chi connectivity index (χ2n) is 6.24. The van der Waals surface area contributed by atoms with Gasteiger partial charge in [0.05, 0.1) is 0 Å². The Labute approximate surface area is 157 Å². The molecule has 3 rings (SSSR count). The van der Waals surface area contributed by atoms with E-state index in [4.69, 9.17) is 9.47 Å². The molecule has 138 valence electrons. The van der Waals surface area contributed by atoms with Crippen LogP contribution in [0.25, 0.3) is 0 Å². The molecule has 0 atom stereocenters. The molecular formula is C22H20FNO3. The minimum absolute atomic E-state index is 0.144. The molecule has 3 aromatic rings. The largest absolute Gasteiger partial charge is 0.484 e. The zero-order valence-corrected chi connectivity index (χ0v) is 15.2. The quantitative estimate of drug-likeness (QED) is 0.649. The summed E-state index contributed by atoms with van der Waals surface area (Å²) in [6.45, 7) is 3.90. The van der Waals surface area contributed by atoms with Gasteiger partial charge in [-0.3, -0.25) is 4.79 Å². The third kappa shape index (κ3) is 5.57. The lowest BCUT2D eigenvalue weighted by Gasteiger charge is -2.10. The first-order valence-corrected chi connectivity index (χ1v) is 8.52. The molecule has 0 aliphatic rings. The summed E-state index contributed by atoms with van der Waals surface area (Å²) in [6, 6.07) is 18.6. The number of amides is 1. The Morgan fingerprint density at radius 3 is 2.07 bits per heavy atom. The summed E-state index contributed by atoms with van der Waals surface area (Å²) < 4.78 is 24.2. The van der Waals surface area contributed by atoms with Crippen LogP contribution in [0.3, 0.4) is 0 Å². The zero-order valence-electron chi connectivity index (χ0n) is 15.2. The van der Waals surface area contributed by atoms with E-state index in [2.05, 4.69) is 11.4 Å². The molecule has 1 amide bonds. The normalized spacial score (nSPS) is 10.3. The van der Waals surface area contributed by atoms with Crippen molar-refractivity contribution in [1.82, 2.24) is 0 Å². The standard InChI is InChI=1S/C22H20FNO3/c1-15-11-16(2)13-21(12-15)27-20-9-7-19(8-10-20)26-14-22(25)24-18-5-3-17(23)4-6-18/h3-13H,14H2,1-2H3,(H,24,25). The van der Waals surface area contributed by atoms with Crippen LogP contribution >= 0.6 is 0 Å². The number of benzene rings is 3. The molecule has 0 saturated heterocycles. The van der Waals surface area contributed by atoms with Gasteiger partial charge in [-0.25, -0.2) is 4.39 Å². The smallest absolute Gasteiger partial charge is 0.262 e. The van der Waals surface area contributed by atoms with Crippen LogP contribution in [-0.4, -0.2) is 12.5 Å². The van der Waals surface area contributed by atoms with E-state index in [1.165, 1.54) is 24.3 Å². The van der Waals surface area contributed by atoms with Gasteiger partial charge in [0.25, 0.3) is 5.91 Å². The van der Waals surface area contributed by atoms with Gasteiger partial charge in [0, 0.05) is 5.69 Å². The van der Waals surface area contributed by atoms with Crippen LogP contribution in [0.4, 0.5) is 10.1 Å². The van der Waals surface area contributed by atoms with Gasteiger partial charge in [0.2, 0.25) is 0 Å². The third-order valence-electron chi connectivity index (χ3n) is 3.75. The van der Waals surface area contributed by atoms with Gasteiger partial charge in [0.15, 0.2) is 6.61 Å². The molecule has 0 aliphatic heterocycles. The van der Waals surface area contributed by atoms with Crippen LogP contribution in [0.15, 0.2) is 66.7 Å². The molecule has 0 aliphatic carbocycles. The van der Waals surface area contributed by atoms with Gasteiger partial charge in [-0.15, -0.1) is 0 Å². The molecule has 0 spiro atoms. The predicted molar refractivity (Wildman–Crippen MR) is 103 cm³/mol. The first-order chi connectivity index (χ1) is 13.0. The van der Waals surface area contributed by atoms with Crippen LogP contribution < -0.4 is 14.8 Å². The Morgan fingerprint density at radius 2 is 1.44 bits per heavy atom. The highest BCUT2D eigenvalue weighted by Crippen LogP contribution is 2.25. The number of hydrogen-bond acceptors (Lipinski definition) is 3. The van der Waals surface area contributed by atoms with Crippen LogP contribution in [0.5, 0.6) is 17.2 Å². The predicted octanol–water partition coefficient (Wildman–Crippen LogP) is 5.25. The number of halogens is 1. The summed E-state index contributed by atoms with van der Waals surface area (Å²) in [5.74, 6) is 1.34. The molecule has 4 nitrogen and oxygen atoms in total. The van der Waals surface area contributed by atoms with Gasteiger partial charge >= 0.3 is 0 Å². The summed E-state index contributed by atoms with van der Waals surface area (Å²) >= 11 is 0. The average molecular weight is 365 g/mol. The summed E-state index contributed by atoms with van der Waals surface area (Å²) in [4.78, 5) is 11.9. The molecule has 0 heterocycles. The lowest BCUT2D eigenvalue weighted by atomic mass is 10.1. The number of carbonyl (C=O) groups excluding carboxylic acids is 1. The fourth-order valence-corrected chi connectivity index (χ4v) is 2.61. The van der Waals surface area contributed by atoms with E-state index in [9.17, 15) is 9.18 Å². The summed E-state index contributed by atoms with van der Waals surface area (Å²) in [6.07, 6.45) is 0. The maximum absolute atomic E-state index is 12.9. The van der Waals surface area contributed by atoms with Gasteiger partial charge < -0.3 is 14.8 Å². The Morgan fingerprint density at radius 1 is 0.852 bits per heavy atom. The minimum atomic E-state index is -0.354. The molecule has 0 fully saturated rings. The molecule has 0 saturated carbocycles. The number of rotatable bonds is 6. The van der Waals surface area contributed by atoms with Crippen molar-refractivity contribution < 1.29 is 18.7 Å². The highest BCUT2D eigenvalue weighted by molar-refractivity contribution is 5.91. The monoisotopic (exact) mass is 365 g/mol. The van der Waals surface area contributed by atoms with Gasteiger partial charge in [-0.2, -0.15) is 0 Å². The molecule has 0 unspecified atom stereocenters. The fraction of sp³-hybridized carbons (Fsp3) is 0.136. The van der Waals surface area contributed by atoms with Crippen molar-refractivity contribution in [1.29, 1.82) is 0 Å². The SMILES string of the molecule is Cc1cc(C)cc(Oc2ccc(OCC(=O)Nc3ccc(F)cc3)cc2)c1. The van der Waals surface area contributed by atoms with Crippen molar-refractivity contribution >= 4 is 11.6 Å². The molecule has 0 radical (unpaired) electrons. The fourth-order valence-electron chi connectivity index (χ4n) is 2.61. The highest BCUT2D eigenvalue weighted by Gasteiger charge is 2.05. The van der Waals surface area contributed by atoms with Gasteiger partial charge in [-0.05, 0) is 85.6 Å². The van der Waals surface area contributed by atoms with Crippen LogP contribution in [0.2, 0.25) is 0 Å². The van der Waals surface area contributed by atoms with E-state index in [-0.39, 0.29) is 18.3 Å². The highest BCUT2D eigenvalue weighted by atomic mass is 19.1. The first-order valence-electron chi connectivity index (χ1n) is 8.52. The maximum Gasteiger partial charge on any atom is 0.262 e. The van der Waals surface area contributed by atoms with Crippen molar-refractivity contribution in [2.45, 2.75) is 13.8 Å². The maximum atomic E-state index is 12.9. The summed E-state index contributed by atoms with van der Waals surface area (Å²) in [7, 11) is 0. The second kappa shape index (κ2) is 8.36. The minimum Gasteiger partial charge on any atom is -0.484 e. The van der Waals surface area contributed by atoms with Crippen LogP contribution in [0.1, 0.15) is 11.1 Å². The lowest BCUT2D eigenvalue weighted by molar-refractivity contribution is -0.118. The van der Waals surface area contributed by atoms with E-state index < -0.39 is 0 Å². The van der Waals surface area contributed by atoms with Gasteiger partial charge in [0.1, 0.15) is 23.1 Å². The molecule has 0 bridgehead atoms. The average Bonchev–Trinajstić information content (AvgIpc) is 2.62. The van der Waals surface area contributed by atoms with E-state index in [1.54, 1.807) is 24.3 Å². The van der Waals surface area contributed by atoms with Crippen molar-refractivity contribution in [2.75, 3.05) is 11.9 Å². The first kappa shape index (κ1) is 18.5. The zero-order chi connectivity index (χ0) is 19.2. The van der Waals surface area contributed by atoms with Crippen molar-refractivity contribution in [3.8, 4) is 17.2 Å². The summed E-state index contributed by atoms with van der Waals surface area (Å²) in [5.41, 5.74) is 2.79. The molecular weight excluding hydrogens is 345 g/mol. The third-order valence-corrected chi connectivity index (χ3v) is 3.75. The van der Waals surface area contributed by atoms with Crippen molar-refractivity contribution in [3.05, 3.63) is 83.7 Å². The van der Waals surface area contributed by atoms with Crippen molar-refractivity contribution in [3.63, 3.8) is 0 Å². The number of hydrogen-bond donors (Lipinski definition) is 1.